The molecule has 0 fully saturated rings. The number of aliphatic hydroxyl groups excluding tert-OH is 6. The fourth-order valence-electron chi connectivity index (χ4n) is 6.83. The molecule has 29 nitrogen and oxygen atoms in total. The minimum atomic E-state index is -1.92. The highest BCUT2D eigenvalue weighted by Crippen LogP contribution is 2.14. The largest absolute Gasteiger partial charge is 0.494 e. The lowest BCUT2D eigenvalue weighted by Gasteiger charge is -2.25. The number of ether oxygens (including phenoxy) is 1. The molecule has 428 valence electrons. The molecule has 0 aliphatic carbocycles. The summed E-state index contributed by atoms with van der Waals surface area (Å²) < 4.78 is 5.63. The number of aldehydes is 1. The lowest BCUT2D eigenvalue weighted by Crippen LogP contribution is -2.62. The van der Waals surface area contributed by atoms with Crippen LogP contribution in [0.25, 0.3) is 0 Å². The maximum Gasteiger partial charge on any atom is 0.335 e. The van der Waals surface area contributed by atoms with Gasteiger partial charge in [-0.25, -0.2) is 9.59 Å². The molecule has 18 N–H and O–H groups in total. The lowest BCUT2D eigenvalue weighted by molar-refractivity contribution is -0.142. The van der Waals surface area contributed by atoms with Gasteiger partial charge in [-0.2, -0.15) is 0 Å². The van der Waals surface area contributed by atoms with Gasteiger partial charge in [-0.15, -0.1) is 0 Å². The van der Waals surface area contributed by atoms with Crippen LogP contribution in [0.1, 0.15) is 100 Å². The van der Waals surface area contributed by atoms with Crippen molar-refractivity contribution in [2.45, 2.75) is 138 Å². The molecular formula is C47H75N9O20. The van der Waals surface area contributed by atoms with Gasteiger partial charge in [0, 0.05) is 19.4 Å². The topological polar surface area (TPSA) is 481 Å². The number of nitrogens with one attached hydrogen (secondary N) is 8. The molecule has 0 aliphatic rings. The van der Waals surface area contributed by atoms with E-state index < -0.39 is 160 Å². The normalized spacial score (nSPS) is 14.1. The van der Waals surface area contributed by atoms with Crippen molar-refractivity contribution in [3.8, 4) is 5.75 Å². The van der Waals surface area contributed by atoms with Gasteiger partial charge < -0.3 is 98.7 Å². The zero-order valence-electron chi connectivity index (χ0n) is 42.1. The minimum absolute atomic E-state index is 0.0357. The second kappa shape index (κ2) is 38.6. The van der Waals surface area contributed by atoms with Crippen molar-refractivity contribution >= 4 is 65.5 Å². The Morgan fingerprint density at radius 1 is 0.461 bits per heavy atom. The average Bonchev–Trinajstić information content (AvgIpc) is 3.40. The number of amides is 8. The molecule has 0 bridgehead atoms. The molecule has 0 spiro atoms. The van der Waals surface area contributed by atoms with Crippen molar-refractivity contribution in [2.75, 3.05) is 52.8 Å². The number of carbonyl (C=O) groups is 11. The van der Waals surface area contributed by atoms with Gasteiger partial charge in [-0.1, -0.05) is 38.5 Å². The van der Waals surface area contributed by atoms with Gasteiger partial charge in [0.25, 0.3) is 0 Å². The summed E-state index contributed by atoms with van der Waals surface area (Å²) in [7, 11) is 0. The van der Waals surface area contributed by atoms with Gasteiger partial charge in [0.15, 0.2) is 0 Å². The molecule has 8 amide bonds. The quantitative estimate of drug-likeness (QED) is 0.0214. The molecular weight excluding hydrogens is 1010 g/mol. The highest BCUT2D eigenvalue weighted by Gasteiger charge is 2.33. The summed E-state index contributed by atoms with van der Waals surface area (Å²) in [5, 5.41) is 94.6. The number of nitrogens with two attached hydrogens (primary N) is 1. The molecule has 8 atom stereocenters. The van der Waals surface area contributed by atoms with Crippen molar-refractivity contribution < 1.29 is 98.3 Å². The maximum absolute atomic E-state index is 13.0. The molecule has 0 saturated heterocycles. The Bertz CT molecular complexity index is 2020. The fourth-order valence-corrected chi connectivity index (χ4v) is 6.83. The number of hydrogen-bond acceptors (Lipinski definition) is 19. The first-order valence-corrected chi connectivity index (χ1v) is 24.7. The Hall–Kier alpha value is -6.89. The number of hydrogen-bond donors (Lipinski definition) is 17. The highest BCUT2D eigenvalue weighted by molar-refractivity contribution is 5.97. The van der Waals surface area contributed by atoms with Gasteiger partial charge in [-0.05, 0) is 62.8 Å². The third kappa shape index (κ3) is 27.1. The zero-order valence-corrected chi connectivity index (χ0v) is 42.1. The van der Waals surface area contributed by atoms with Crippen LogP contribution in [0.5, 0.6) is 5.75 Å². The van der Waals surface area contributed by atoms with E-state index >= 15 is 0 Å². The monoisotopic (exact) mass is 1090 g/mol. The van der Waals surface area contributed by atoms with E-state index in [4.69, 9.17) is 15.6 Å². The van der Waals surface area contributed by atoms with E-state index in [9.17, 15) is 88.5 Å². The third-order valence-corrected chi connectivity index (χ3v) is 11.3. The first-order chi connectivity index (χ1) is 36.3. The average molecular weight is 1090 g/mol. The van der Waals surface area contributed by atoms with Crippen LogP contribution >= 0.6 is 0 Å². The van der Waals surface area contributed by atoms with Gasteiger partial charge in [0.2, 0.25) is 47.3 Å². The number of unbranched alkanes of at least 4 members (excludes halogenated alkanes) is 8. The lowest BCUT2D eigenvalue weighted by atomic mass is 10.1. The molecule has 29 heteroatoms. The van der Waals surface area contributed by atoms with Crippen molar-refractivity contribution in [3.63, 3.8) is 0 Å². The van der Waals surface area contributed by atoms with Crippen molar-refractivity contribution in [1.29, 1.82) is 0 Å². The van der Waals surface area contributed by atoms with E-state index in [0.29, 0.717) is 44.3 Å². The molecule has 0 radical (unpaired) electrons. The van der Waals surface area contributed by atoms with E-state index in [1.165, 1.54) is 12.1 Å². The Morgan fingerprint density at radius 3 is 1.25 bits per heavy atom. The second-order valence-electron chi connectivity index (χ2n) is 17.4. The van der Waals surface area contributed by atoms with E-state index in [1.54, 1.807) is 12.1 Å². The first kappa shape index (κ1) is 67.1. The number of carboxylic acids is 2. The van der Waals surface area contributed by atoms with Crippen molar-refractivity contribution in [2.24, 2.45) is 5.73 Å². The Balaban J connectivity index is 2.57. The number of aliphatic carboxylic acids is 1. The summed E-state index contributed by atoms with van der Waals surface area (Å²) >= 11 is 0. The van der Waals surface area contributed by atoms with Crippen LogP contribution in [0.15, 0.2) is 24.3 Å². The summed E-state index contributed by atoms with van der Waals surface area (Å²) in [5.74, 6) is -10.5. The summed E-state index contributed by atoms with van der Waals surface area (Å²) in [5.41, 5.74) is 5.68. The fraction of sp³-hybridized carbons (Fsp3) is 0.638. The number of aromatic carboxylic acids is 1. The number of rotatable bonds is 42. The smallest absolute Gasteiger partial charge is 0.335 e. The van der Waals surface area contributed by atoms with Crippen LogP contribution in [0.2, 0.25) is 0 Å². The van der Waals surface area contributed by atoms with Crippen LogP contribution in [0.4, 0.5) is 0 Å². The van der Waals surface area contributed by atoms with Crippen molar-refractivity contribution in [3.05, 3.63) is 29.8 Å². The molecule has 1 rings (SSSR count). The highest BCUT2D eigenvalue weighted by atomic mass is 16.5. The molecule has 0 aromatic heterocycles. The van der Waals surface area contributed by atoms with Crippen LogP contribution in [0, 0.1) is 0 Å². The molecule has 76 heavy (non-hydrogen) atoms. The molecule has 0 heterocycles. The van der Waals surface area contributed by atoms with E-state index in [0.717, 1.165) is 44.9 Å². The maximum atomic E-state index is 13.0. The van der Waals surface area contributed by atoms with E-state index in [1.807, 2.05) is 21.3 Å². The molecule has 0 saturated carbocycles. The van der Waals surface area contributed by atoms with Crippen LogP contribution in [-0.2, 0) is 47.9 Å². The van der Waals surface area contributed by atoms with Crippen LogP contribution < -0.4 is 53.0 Å². The SMILES string of the molecule is N[C@H](C=O)CCCCNC(=O)[C@H](CO)NC(=O)[C@H](CO)NC(=O)[C@H](CO)NC(=O)[C@H](CO)NC(=O)[C@H](CO)NC(=O)[C@H](CO)NC(=O)CC[C@H](NC(=O)CCCCCCCCCCOc1ccc(C(=O)O)cc1)C(=O)O. The minimum Gasteiger partial charge on any atom is -0.494 e. The summed E-state index contributed by atoms with van der Waals surface area (Å²) in [6, 6.07) is -6.77. The molecule has 0 unspecified atom stereocenters. The molecule has 1 aromatic rings. The Kier molecular flexibility index (Phi) is 34.1. The van der Waals surface area contributed by atoms with Gasteiger partial charge in [-0.3, -0.25) is 38.4 Å². The van der Waals surface area contributed by atoms with Gasteiger partial charge in [0.1, 0.15) is 54.3 Å². The van der Waals surface area contributed by atoms with Crippen molar-refractivity contribution in [1.82, 2.24) is 42.5 Å². The number of aliphatic hydroxyl groups is 6. The summed E-state index contributed by atoms with van der Waals surface area (Å²) in [6.45, 7) is -5.86. The predicted octanol–water partition coefficient (Wildman–Crippen LogP) is -5.70. The van der Waals surface area contributed by atoms with Crippen LogP contribution in [0.3, 0.4) is 0 Å². The zero-order chi connectivity index (χ0) is 57.0. The van der Waals surface area contributed by atoms with Crippen LogP contribution in [-0.4, -0.2) is 207 Å². The van der Waals surface area contributed by atoms with E-state index in [-0.39, 0.29) is 18.5 Å². The van der Waals surface area contributed by atoms with E-state index in [2.05, 4.69) is 21.3 Å². The standard InChI is InChI=1S/C47H75N9O20/c48-29(21-57)11-8-9-19-49-40(66)32(22-58)52-42(68)34(24-60)54-44(70)36(26-62)56-45(71)37(27-63)55-43(69)35(25-61)53-41(67)33(23-59)51-39(65)18-17-31(47(74)75)50-38(64)12-7-5-3-1-2-4-6-10-20-76-30-15-13-28(14-16-30)46(72)73/h13-16,21,29,31-37,58-63H,1-12,17-20,22-27,48H2,(H,49,66)(H,50,64)(H,51,65)(H,52,68)(H,53,67)(H,54,70)(H,55,69)(H,56,71)(H,72,73)(H,74,75)/t29-,31-,32-,33-,34-,35-,36-,37-/m0/s1. The predicted molar refractivity (Wildman–Crippen MR) is 264 cm³/mol. The number of benzene rings is 1. The third-order valence-electron chi connectivity index (χ3n) is 11.3. The summed E-state index contributed by atoms with van der Waals surface area (Å²) in [6.07, 6.45) is 7.61. The first-order valence-electron chi connectivity index (χ1n) is 24.7. The van der Waals surface area contributed by atoms with Gasteiger partial charge in [0.05, 0.1) is 57.9 Å². The second-order valence-corrected chi connectivity index (χ2v) is 17.4. The molecule has 1 aromatic carbocycles. The Morgan fingerprint density at radius 2 is 0.842 bits per heavy atom. The summed E-state index contributed by atoms with van der Waals surface area (Å²) in [4.78, 5) is 136. The number of carboxylic acid groups (broad SMARTS) is 2. The van der Waals surface area contributed by atoms with Gasteiger partial charge >= 0.3 is 11.9 Å². The Labute approximate surface area is 437 Å². The molecule has 0 aliphatic heterocycles. The number of carbonyl (C=O) groups excluding carboxylic acids is 9.